The molecule has 0 bridgehead atoms. The number of furan rings is 1. The van der Waals surface area contributed by atoms with Gasteiger partial charge in [-0.2, -0.15) is 0 Å². The van der Waals surface area contributed by atoms with Crippen LogP contribution in [0.5, 0.6) is 5.75 Å². The standard InChI is InChI=1S/C33H42N4O4/c1-21-15-27-24(20-41-32(27)16-22(21)2)19-40-31-6-4-5-29-28(31)17-30(35-29)33(39)34-25-7-11-36(12-8-25)18-23(3)37-13-9-26(38)10-14-37/h4-6,15-17,20,23,25-26,35,38H,7-14,18-19H2,1-3H3,(H,34,39)/t23-/m0/s1. The van der Waals surface area contributed by atoms with E-state index in [-0.39, 0.29) is 18.1 Å². The van der Waals surface area contributed by atoms with Gasteiger partial charge in [-0.1, -0.05) is 6.07 Å². The summed E-state index contributed by atoms with van der Waals surface area (Å²) in [5.74, 6) is 0.666. The molecule has 2 aromatic heterocycles. The lowest BCUT2D eigenvalue weighted by Crippen LogP contribution is -2.50. The highest BCUT2D eigenvalue weighted by molar-refractivity contribution is 5.99. The molecule has 2 aliphatic rings. The number of aliphatic hydroxyl groups is 1. The summed E-state index contributed by atoms with van der Waals surface area (Å²) < 4.78 is 12.0. The molecule has 0 spiro atoms. The van der Waals surface area contributed by atoms with Crippen LogP contribution in [-0.4, -0.2) is 76.7 Å². The number of amides is 1. The molecule has 4 heterocycles. The number of aryl methyl sites for hydroxylation is 2. The minimum Gasteiger partial charge on any atom is -0.488 e. The Hall–Kier alpha value is -3.33. The molecule has 2 aliphatic heterocycles. The third-order valence-electron chi connectivity index (χ3n) is 9.09. The third-order valence-corrected chi connectivity index (χ3v) is 9.09. The molecule has 0 radical (unpaired) electrons. The number of aromatic amines is 1. The Labute approximate surface area is 241 Å². The molecular weight excluding hydrogens is 516 g/mol. The van der Waals surface area contributed by atoms with Crippen LogP contribution < -0.4 is 10.1 Å². The number of rotatable bonds is 8. The lowest BCUT2D eigenvalue weighted by molar-refractivity contribution is 0.0497. The van der Waals surface area contributed by atoms with Crippen LogP contribution in [0, 0.1) is 13.8 Å². The fourth-order valence-corrected chi connectivity index (χ4v) is 6.32. The Morgan fingerprint density at radius 3 is 2.61 bits per heavy atom. The smallest absolute Gasteiger partial charge is 0.267 e. The van der Waals surface area contributed by atoms with Gasteiger partial charge in [0.25, 0.3) is 5.91 Å². The van der Waals surface area contributed by atoms with Gasteiger partial charge in [0.1, 0.15) is 23.6 Å². The van der Waals surface area contributed by atoms with E-state index >= 15 is 0 Å². The number of aromatic nitrogens is 1. The second-order valence-corrected chi connectivity index (χ2v) is 12.0. The van der Waals surface area contributed by atoms with E-state index in [1.54, 1.807) is 6.26 Å². The number of nitrogens with zero attached hydrogens (tertiary/aromatic N) is 2. The minimum atomic E-state index is -0.133. The molecule has 0 saturated carbocycles. The Morgan fingerprint density at radius 1 is 1.07 bits per heavy atom. The van der Waals surface area contributed by atoms with Gasteiger partial charge in [-0.05, 0) is 87.9 Å². The van der Waals surface area contributed by atoms with Gasteiger partial charge < -0.3 is 29.5 Å². The maximum Gasteiger partial charge on any atom is 0.267 e. The van der Waals surface area contributed by atoms with Gasteiger partial charge in [0.2, 0.25) is 0 Å². The lowest BCUT2D eigenvalue weighted by Gasteiger charge is -2.39. The SMILES string of the molecule is Cc1cc2occ(COc3cccc4[nH]c(C(=O)NC5CCN(C[C@H](C)N6CCC(O)CC6)CC5)cc34)c2cc1C. The van der Waals surface area contributed by atoms with Crippen LogP contribution in [0.3, 0.4) is 0 Å². The highest BCUT2D eigenvalue weighted by Gasteiger charge is 2.26. The van der Waals surface area contributed by atoms with Crippen LogP contribution >= 0.6 is 0 Å². The maximum absolute atomic E-state index is 13.2. The molecular formula is C33H42N4O4. The Balaban J connectivity index is 1.04. The zero-order valence-electron chi connectivity index (χ0n) is 24.4. The molecule has 218 valence electrons. The average Bonchev–Trinajstić information content (AvgIpc) is 3.58. The van der Waals surface area contributed by atoms with Gasteiger partial charge in [0.05, 0.1) is 12.4 Å². The Morgan fingerprint density at radius 2 is 1.83 bits per heavy atom. The number of hydrogen-bond donors (Lipinski definition) is 3. The molecule has 8 nitrogen and oxygen atoms in total. The fourth-order valence-electron chi connectivity index (χ4n) is 6.32. The predicted octanol–water partition coefficient (Wildman–Crippen LogP) is 5.15. The third kappa shape index (κ3) is 6.15. The fraction of sp³-hybridized carbons (Fsp3) is 0.485. The van der Waals surface area contributed by atoms with Crippen LogP contribution in [0.2, 0.25) is 0 Å². The summed E-state index contributed by atoms with van der Waals surface area (Å²) in [6.07, 6.45) is 5.28. The van der Waals surface area contributed by atoms with Crippen LogP contribution in [-0.2, 0) is 6.61 Å². The molecule has 8 heteroatoms. The van der Waals surface area contributed by atoms with Gasteiger partial charge >= 0.3 is 0 Å². The average molecular weight is 559 g/mol. The number of nitrogens with one attached hydrogen (secondary N) is 2. The van der Waals surface area contributed by atoms with Crippen molar-refractivity contribution in [2.75, 3.05) is 32.7 Å². The van der Waals surface area contributed by atoms with Crippen molar-refractivity contribution in [2.45, 2.75) is 71.2 Å². The molecule has 1 amide bonds. The largest absolute Gasteiger partial charge is 0.488 e. The molecule has 2 fully saturated rings. The Kier molecular flexibility index (Phi) is 8.06. The van der Waals surface area contributed by atoms with Gasteiger partial charge in [0, 0.05) is 66.7 Å². The van der Waals surface area contributed by atoms with E-state index in [2.05, 4.69) is 53.0 Å². The summed E-state index contributed by atoms with van der Waals surface area (Å²) in [4.78, 5) is 21.5. The first kappa shape index (κ1) is 27.8. The van der Waals surface area contributed by atoms with Gasteiger partial charge in [-0.25, -0.2) is 0 Å². The van der Waals surface area contributed by atoms with Crippen LogP contribution in [0.25, 0.3) is 21.9 Å². The van der Waals surface area contributed by atoms with Crippen molar-refractivity contribution in [1.29, 1.82) is 0 Å². The van der Waals surface area contributed by atoms with E-state index in [1.165, 1.54) is 11.1 Å². The molecule has 2 saturated heterocycles. The molecule has 1 atom stereocenters. The topological polar surface area (TPSA) is 94.0 Å². The summed E-state index contributed by atoms with van der Waals surface area (Å²) >= 11 is 0. The molecule has 4 aromatic rings. The summed E-state index contributed by atoms with van der Waals surface area (Å²) in [6, 6.07) is 12.6. The van der Waals surface area contributed by atoms with Crippen LogP contribution in [0.4, 0.5) is 0 Å². The molecule has 41 heavy (non-hydrogen) atoms. The van der Waals surface area contributed by atoms with E-state index in [4.69, 9.17) is 9.15 Å². The zero-order chi connectivity index (χ0) is 28.5. The van der Waals surface area contributed by atoms with E-state index in [0.717, 1.165) is 91.6 Å². The first-order valence-electron chi connectivity index (χ1n) is 15.0. The van der Waals surface area contributed by atoms with Crippen molar-refractivity contribution in [1.82, 2.24) is 20.1 Å². The van der Waals surface area contributed by atoms with Crippen molar-refractivity contribution in [3.8, 4) is 5.75 Å². The number of hydrogen-bond acceptors (Lipinski definition) is 6. The normalized spacial score (nSPS) is 18.7. The number of ether oxygens (including phenoxy) is 1. The number of likely N-dealkylation sites (tertiary alicyclic amines) is 2. The summed E-state index contributed by atoms with van der Waals surface area (Å²) in [5.41, 5.74) is 5.74. The highest BCUT2D eigenvalue weighted by atomic mass is 16.5. The number of carbonyl (C=O) groups is 1. The first-order chi connectivity index (χ1) is 19.8. The van der Waals surface area contributed by atoms with E-state index in [0.29, 0.717) is 18.3 Å². The van der Waals surface area contributed by atoms with Crippen LogP contribution in [0.15, 0.2) is 47.1 Å². The van der Waals surface area contributed by atoms with E-state index < -0.39 is 0 Å². The summed E-state index contributed by atoms with van der Waals surface area (Å²) in [6.45, 7) is 11.8. The lowest BCUT2D eigenvalue weighted by atomic mass is 10.0. The van der Waals surface area contributed by atoms with Crippen LogP contribution in [0.1, 0.15) is 59.8 Å². The highest BCUT2D eigenvalue weighted by Crippen LogP contribution is 2.30. The summed E-state index contributed by atoms with van der Waals surface area (Å²) in [7, 11) is 0. The van der Waals surface area contributed by atoms with Gasteiger partial charge in [0.15, 0.2) is 0 Å². The van der Waals surface area contributed by atoms with Crippen molar-refractivity contribution in [2.24, 2.45) is 0 Å². The van der Waals surface area contributed by atoms with Crippen molar-refractivity contribution >= 4 is 27.8 Å². The summed E-state index contributed by atoms with van der Waals surface area (Å²) in [5, 5.41) is 15.0. The number of carbonyl (C=O) groups excluding carboxylic acids is 1. The van der Waals surface area contributed by atoms with Crippen molar-refractivity contribution in [3.05, 3.63) is 65.0 Å². The molecule has 2 aromatic carbocycles. The van der Waals surface area contributed by atoms with E-state index in [9.17, 15) is 9.90 Å². The number of H-pyrrole nitrogens is 1. The quantitative estimate of drug-likeness (QED) is 0.277. The zero-order valence-corrected chi connectivity index (χ0v) is 24.4. The minimum absolute atomic E-state index is 0.0717. The second-order valence-electron chi connectivity index (χ2n) is 12.0. The van der Waals surface area contributed by atoms with Gasteiger partial charge in [-0.15, -0.1) is 0 Å². The Bertz CT molecular complexity index is 1510. The van der Waals surface area contributed by atoms with Crippen molar-refractivity contribution in [3.63, 3.8) is 0 Å². The van der Waals surface area contributed by atoms with Gasteiger partial charge in [-0.3, -0.25) is 9.69 Å². The molecule has 3 N–H and O–H groups in total. The van der Waals surface area contributed by atoms with E-state index in [1.807, 2.05) is 24.3 Å². The molecule has 0 unspecified atom stereocenters. The second kappa shape index (κ2) is 11.9. The van der Waals surface area contributed by atoms with Crippen molar-refractivity contribution < 1.29 is 19.1 Å². The molecule has 0 aliphatic carbocycles. The maximum atomic E-state index is 13.2. The first-order valence-corrected chi connectivity index (χ1v) is 15.0. The monoisotopic (exact) mass is 558 g/mol. The number of fused-ring (bicyclic) bond motifs is 2. The molecule has 6 rings (SSSR count). The number of aliphatic hydroxyl groups excluding tert-OH is 1. The predicted molar refractivity (Wildman–Crippen MR) is 162 cm³/mol. The number of piperidine rings is 2. The number of benzene rings is 2.